The van der Waals surface area contributed by atoms with Crippen molar-refractivity contribution in [3.8, 4) is 0 Å². The van der Waals surface area contributed by atoms with Crippen molar-refractivity contribution in [1.29, 1.82) is 0 Å². The van der Waals surface area contributed by atoms with Crippen LogP contribution in [0.15, 0.2) is 67.5 Å². The maximum Gasteiger partial charge on any atom is 0.322 e. The summed E-state index contributed by atoms with van der Waals surface area (Å²) in [6.07, 6.45) is 9.77. The molecule has 2 amide bonds. The number of carbonyl (C=O) groups excluding carboxylic acids is 1. The van der Waals surface area contributed by atoms with Crippen LogP contribution < -0.4 is 5.32 Å². The largest absolute Gasteiger partial charge is 0.337 e. The third-order valence-corrected chi connectivity index (χ3v) is 4.13. The zero-order valence-corrected chi connectivity index (χ0v) is 15.0. The monoisotopic (exact) mass is 369 g/mol. The van der Waals surface area contributed by atoms with Crippen molar-refractivity contribution < 1.29 is 4.79 Å². The molecule has 0 bridgehead atoms. The second-order valence-electron chi connectivity index (χ2n) is 5.87. The van der Waals surface area contributed by atoms with E-state index in [0.29, 0.717) is 23.8 Å². The molecule has 1 aromatic carbocycles. The molecule has 134 valence electrons. The Labute approximate surface area is 157 Å². The van der Waals surface area contributed by atoms with Crippen LogP contribution in [0.5, 0.6) is 0 Å². The van der Waals surface area contributed by atoms with Crippen molar-refractivity contribution in [3.63, 3.8) is 0 Å². The number of amides is 2. The normalized spacial score (nSPS) is 10.5. The van der Waals surface area contributed by atoms with Crippen LogP contribution in [0.3, 0.4) is 0 Å². The Morgan fingerprint density at radius 2 is 2.00 bits per heavy atom. The third-order valence-electron chi connectivity index (χ3n) is 3.88. The van der Waals surface area contributed by atoms with Gasteiger partial charge in [-0.15, -0.1) is 0 Å². The predicted octanol–water partition coefficient (Wildman–Crippen LogP) is 4.06. The molecule has 0 aliphatic carbocycles. The lowest BCUT2D eigenvalue weighted by atomic mass is 10.2. The Kier molecular flexibility index (Phi) is 6.22. The van der Waals surface area contributed by atoms with E-state index in [1.165, 1.54) is 0 Å². The Bertz CT molecular complexity index is 806. The van der Waals surface area contributed by atoms with Gasteiger partial charge in [-0.25, -0.2) is 9.78 Å². The molecule has 0 aliphatic heterocycles. The van der Waals surface area contributed by atoms with Gasteiger partial charge in [-0.1, -0.05) is 17.7 Å². The first-order chi connectivity index (χ1) is 12.7. The first-order valence-corrected chi connectivity index (χ1v) is 8.74. The number of halogens is 1. The summed E-state index contributed by atoms with van der Waals surface area (Å²) in [5.74, 6) is 0. The van der Waals surface area contributed by atoms with Crippen LogP contribution in [0, 0.1) is 0 Å². The summed E-state index contributed by atoms with van der Waals surface area (Å²) < 4.78 is 2.00. The topological polar surface area (TPSA) is 63.1 Å². The number of aryl methyl sites for hydroxylation is 1. The van der Waals surface area contributed by atoms with Crippen LogP contribution in [0.1, 0.15) is 12.0 Å². The summed E-state index contributed by atoms with van der Waals surface area (Å²) in [4.78, 5) is 22.7. The van der Waals surface area contributed by atoms with Crippen molar-refractivity contribution in [3.05, 3.63) is 78.1 Å². The Morgan fingerprint density at radius 1 is 1.15 bits per heavy atom. The minimum atomic E-state index is -0.151. The Hall–Kier alpha value is -2.86. The van der Waals surface area contributed by atoms with Crippen LogP contribution in [-0.2, 0) is 13.1 Å². The predicted molar refractivity (Wildman–Crippen MR) is 102 cm³/mol. The Balaban J connectivity index is 1.64. The number of hydrogen-bond donors (Lipinski definition) is 1. The van der Waals surface area contributed by atoms with Gasteiger partial charge in [0.05, 0.1) is 6.33 Å². The molecule has 2 heterocycles. The minimum absolute atomic E-state index is 0.151. The lowest BCUT2D eigenvalue weighted by Crippen LogP contribution is -2.35. The summed E-state index contributed by atoms with van der Waals surface area (Å²) in [5.41, 5.74) is 1.70. The maximum absolute atomic E-state index is 12.7. The highest BCUT2D eigenvalue weighted by Crippen LogP contribution is 2.15. The lowest BCUT2D eigenvalue weighted by Gasteiger charge is -2.23. The van der Waals surface area contributed by atoms with Crippen LogP contribution >= 0.6 is 11.6 Å². The lowest BCUT2D eigenvalue weighted by molar-refractivity contribution is 0.207. The fourth-order valence-electron chi connectivity index (χ4n) is 2.56. The van der Waals surface area contributed by atoms with Gasteiger partial charge in [0, 0.05) is 55.1 Å². The van der Waals surface area contributed by atoms with Crippen molar-refractivity contribution in [2.24, 2.45) is 0 Å². The number of hydrogen-bond acceptors (Lipinski definition) is 3. The molecule has 7 heteroatoms. The summed E-state index contributed by atoms with van der Waals surface area (Å²) in [5, 5.41) is 3.56. The van der Waals surface area contributed by atoms with Gasteiger partial charge in [0.25, 0.3) is 0 Å². The molecular weight excluding hydrogens is 350 g/mol. The second kappa shape index (κ2) is 9.01. The molecule has 0 aliphatic rings. The van der Waals surface area contributed by atoms with Gasteiger partial charge in [-0.3, -0.25) is 4.98 Å². The van der Waals surface area contributed by atoms with E-state index in [0.717, 1.165) is 18.5 Å². The van der Waals surface area contributed by atoms with Crippen LogP contribution in [-0.4, -0.2) is 32.0 Å². The van der Waals surface area contributed by atoms with Crippen LogP contribution in [0.4, 0.5) is 10.5 Å². The molecule has 0 atom stereocenters. The molecular formula is C19H20ClN5O. The molecule has 0 saturated carbocycles. The molecule has 3 aromatic rings. The molecule has 0 spiro atoms. The summed E-state index contributed by atoms with van der Waals surface area (Å²) in [6.45, 7) is 1.92. The van der Waals surface area contributed by atoms with E-state index in [9.17, 15) is 4.79 Å². The van der Waals surface area contributed by atoms with Gasteiger partial charge in [-0.2, -0.15) is 0 Å². The standard InChI is InChI=1S/C19H20ClN5O/c20-17-4-6-18(7-5-17)23-19(26)25(14-16-3-1-8-21-13-16)11-2-10-24-12-9-22-15-24/h1,3-9,12-13,15H,2,10-11,14H2,(H,23,26). The van der Waals surface area contributed by atoms with E-state index in [1.807, 2.05) is 22.9 Å². The highest BCUT2D eigenvalue weighted by Gasteiger charge is 2.14. The van der Waals surface area contributed by atoms with E-state index in [4.69, 9.17) is 11.6 Å². The number of carbonyl (C=O) groups is 1. The average Bonchev–Trinajstić information content (AvgIpc) is 3.17. The number of anilines is 1. The molecule has 0 saturated heterocycles. The van der Waals surface area contributed by atoms with Gasteiger partial charge in [0.15, 0.2) is 0 Å². The Morgan fingerprint density at radius 3 is 2.69 bits per heavy atom. The quantitative estimate of drug-likeness (QED) is 0.683. The van der Waals surface area contributed by atoms with Gasteiger partial charge >= 0.3 is 6.03 Å². The number of urea groups is 1. The van der Waals surface area contributed by atoms with Gasteiger partial charge in [-0.05, 0) is 42.3 Å². The molecule has 2 aromatic heterocycles. The fourth-order valence-corrected chi connectivity index (χ4v) is 2.69. The molecule has 0 fully saturated rings. The van der Waals surface area contributed by atoms with E-state index in [-0.39, 0.29) is 6.03 Å². The van der Waals surface area contributed by atoms with E-state index < -0.39 is 0 Å². The van der Waals surface area contributed by atoms with Gasteiger partial charge < -0.3 is 14.8 Å². The summed E-state index contributed by atoms with van der Waals surface area (Å²) in [7, 11) is 0. The average molecular weight is 370 g/mol. The SMILES string of the molecule is O=C(Nc1ccc(Cl)cc1)N(CCCn1ccnc1)Cc1cccnc1. The van der Waals surface area contributed by atoms with Crippen molar-refractivity contribution >= 4 is 23.3 Å². The number of pyridine rings is 1. The molecule has 0 unspecified atom stereocenters. The number of benzene rings is 1. The zero-order chi connectivity index (χ0) is 18.2. The number of rotatable bonds is 7. The van der Waals surface area contributed by atoms with Crippen molar-refractivity contribution in [2.45, 2.75) is 19.5 Å². The number of imidazole rings is 1. The van der Waals surface area contributed by atoms with Crippen LogP contribution in [0.25, 0.3) is 0 Å². The third kappa shape index (κ3) is 5.32. The fraction of sp³-hybridized carbons (Fsp3) is 0.211. The number of nitrogens with one attached hydrogen (secondary N) is 1. The summed E-state index contributed by atoms with van der Waals surface area (Å²) >= 11 is 5.90. The van der Waals surface area contributed by atoms with Crippen molar-refractivity contribution in [2.75, 3.05) is 11.9 Å². The van der Waals surface area contributed by atoms with Crippen molar-refractivity contribution in [1.82, 2.24) is 19.4 Å². The molecule has 0 radical (unpaired) electrons. The molecule has 26 heavy (non-hydrogen) atoms. The van der Waals surface area contributed by atoms with E-state index >= 15 is 0 Å². The minimum Gasteiger partial charge on any atom is -0.337 e. The highest BCUT2D eigenvalue weighted by atomic mass is 35.5. The molecule has 3 rings (SSSR count). The van der Waals surface area contributed by atoms with Crippen LogP contribution in [0.2, 0.25) is 5.02 Å². The summed E-state index contributed by atoms with van der Waals surface area (Å²) in [6, 6.07) is 10.8. The number of nitrogens with zero attached hydrogens (tertiary/aromatic N) is 4. The highest BCUT2D eigenvalue weighted by molar-refractivity contribution is 6.30. The first-order valence-electron chi connectivity index (χ1n) is 8.37. The van der Waals surface area contributed by atoms with Gasteiger partial charge in [0.2, 0.25) is 0 Å². The van der Waals surface area contributed by atoms with Gasteiger partial charge in [0.1, 0.15) is 0 Å². The second-order valence-corrected chi connectivity index (χ2v) is 6.31. The smallest absolute Gasteiger partial charge is 0.322 e. The molecule has 1 N–H and O–H groups in total. The first kappa shape index (κ1) is 17.9. The maximum atomic E-state index is 12.7. The van der Waals surface area contributed by atoms with E-state index in [1.54, 1.807) is 54.1 Å². The number of aromatic nitrogens is 3. The molecule has 6 nitrogen and oxygen atoms in total. The zero-order valence-electron chi connectivity index (χ0n) is 14.3. The van der Waals surface area contributed by atoms with E-state index in [2.05, 4.69) is 15.3 Å².